The predicted molar refractivity (Wildman–Crippen MR) is 90.7 cm³/mol. The summed E-state index contributed by atoms with van der Waals surface area (Å²) in [4.78, 5) is 12.5. The monoisotopic (exact) mass is 321 g/mol. The lowest BCUT2D eigenvalue weighted by Gasteiger charge is -2.22. The first-order chi connectivity index (χ1) is 9.64. The van der Waals surface area contributed by atoms with E-state index in [1.54, 1.807) is 18.7 Å². The van der Waals surface area contributed by atoms with Crippen molar-refractivity contribution in [2.75, 3.05) is 4.98 Å². The summed E-state index contributed by atoms with van der Waals surface area (Å²) >= 11 is 0. The van der Waals surface area contributed by atoms with Gasteiger partial charge in [-0.05, 0) is 25.7 Å². The van der Waals surface area contributed by atoms with Crippen LogP contribution >= 0.6 is 0 Å². The molecule has 0 saturated carbocycles. The van der Waals surface area contributed by atoms with Gasteiger partial charge in [0.15, 0.2) is 0 Å². The lowest BCUT2D eigenvalue weighted by atomic mass is 10.2. The number of aromatic nitrogens is 2. The minimum atomic E-state index is -1.72. The second-order valence-corrected chi connectivity index (χ2v) is 16.2. The van der Waals surface area contributed by atoms with Gasteiger partial charge in [-0.1, -0.05) is 19.6 Å². The Hall–Kier alpha value is -1.61. The Morgan fingerprint density at radius 2 is 1.86 bits per heavy atom. The van der Waals surface area contributed by atoms with Crippen molar-refractivity contribution in [3.05, 3.63) is 24.8 Å². The first kappa shape index (κ1) is 15.8. The third-order valence-corrected chi connectivity index (χ3v) is 4.27. The Morgan fingerprint density at radius 1 is 1.14 bits per heavy atom. The zero-order valence-electron chi connectivity index (χ0n) is 13.5. The van der Waals surface area contributed by atoms with Crippen molar-refractivity contribution in [2.24, 2.45) is 0 Å². The zero-order chi connectivity index (χ0) is 15.7. The minimum absolute atomic E-state index is 0.446. The maximum Gasteiger partial charge on any atom is 0.304 e. The summed E-state index contributed by atoms with van der Waals surface area (Å²) in [6.45, 7) is 13.0. The average molecular weight is 322 g/mol. The quantitative estimate of drug-likeness (QED) is 0.836. The molecule has 1 N–H and O–H groups in total. The molecule has 2 heterocycles. The van der Waals surface area contributed by atoms with Crippen LogP contribution in [0.3, 0.4) is 0 Å². The van der Waals surface area contributed by atoms with Crippen molar-refractivity contribution in [3.63, 3.8) is 0 Å². The van der Waals surface area contributed by atoms with Gasteiger partial charge in [0.25, 0.3) is 0 Å². The van der Waals surface area contributed by atoms with E-state index in [9.17, 15) is 0 Å². The Labute approximate surface area is 128 Å². The fourth-order valence-electron chi connectivity index (χ4n) is 1.77. The number of furan rings is 1. The van der Waals surface area contributed by atoms with Gasteiger partial charge in [-0.3, -0.25) is 0 Å². The summed E-state index contributed by atoms with van der Waals surface area (Å²) in [5.74, 6) is 0.818. The van der Waals surface area contributed by atoms with Gasteiger partial charge in [0, 0.05) is 17.3 Å². The number of hydrogen-bond acceptors (Lipinski definition) is 5. The minimum Gasteiger partial charge on any atom is -0.518 e. The highest BCUT2D eigenvalue weighted by molar-refractivity contribution is 6.79. The van der Waals surface area contributed by atoms with Crippen molar-refractivity contribution in [1.29, 1.82) is 0 Å². The molecule has 0 bridgehead atoms. The van der Waals surface area contributed by atoms with Gasteiger partial charge in [0.2, 0.25) is 8.32 Å². The van der Waals surface area contributed by atoms with Crippen LogP contribution in [0, 0.1) is 0 Å². The van der Waals surface area contributed by atoms with E-state index in [4.69, 9.17) is 8.84 Å². The van der Waals surface area contributed by atoms with Gasteiger partial charge in [0.1, 0.15) is 14.1 Å². The van der Waals surface area contributed by atoms with Crippen LogP contribution in [0.15, 0.2) is 29.2 Å². The molecule has 0 unspecified atom stereocenters. The van der Waals surface area contributed by atoms with Crippen LogP contribution in [0.5, 0.6) is 6.01 Å². The molecule has 5 nitrogen and oxygen atoms in total. The van der Waals surface area contributed by atoms with Gasteiger partial charge in [-0.25, -0.2) is 4.98 Å². The molecular formula is C14H23N3O2Si2. The first-order valence-electron chi connectivity index (χ1n) is 7.01. The van der Waals surface area contributed by atoms with Crippen molar-refractivity contribution in [3.8, 4) is 17.1 Å². The van der Waals surface area contributed by atoms with E-state index in [-0.39, 0.29) is 0 Å². The maximum atomic E-state index is 5.90. The fourth-order valence-corrected chi connectivity index (χ4v) is 3.32. The van der Waals surface area contributed by atoms with E-state index in [2.05, 4.69) is 54.2 Å². The Balaban J connectivity index is 2.41. The molecule has 0 aromatic carbocycles. The van der Waals surface area contributed by atoms with E-state index in [0.29, 0.717) is 6.01 Å². The van der Waals surface area contributed by atoms with Crippen LogP contribution < -0.4 is 9.41 Å². The van der Waals surface area contributed by atoms with Gasteiger partial charge in [0.05, 0.1) is 12.5 Å². The van der Waals surface area contributed by atoms with Crippen LogP contribution in [-0.2, 0) is 0 Å². The van der Waals surface area contributed by atoms with E-state index in [0.717, 1.165) is 16.9 Å². The molecule has 114 valence electrons. The van der Waals surface area contributed by atoms with E-state index in [1.165, 1.54) is 0 Å². The summed E-state index contributed by atoms with van der Waals surface area (Å²) in [5, 5.41) is 0. The molecule has 0 aliphatic rings. The molecule has 0 fully saturated rings. The molecule has 0 saturated heterocycles. The molecule has 2 aromatic rings. The smallest absolute Gasteiger partial charge is 0.304 e. The topological polar surface area (TPSA) is 60.2 Å². The number of anilines is 1. The van der Waals surface area contributed by atoms with E-state index in [1.807, 2.05) is 6.07 Å². The van der Waals surface area contributed by atoms with Crippen LogP contribution in [-0.4, -0.2) is 26.5 Å². The van der Waals surface area contributed by atoms with Gasteiger partial charge < -0.3 is 13.8 Å². The van der Waals surface area contributed by atoms with E-state index < -0.39 is 16.6 Å². The molecular weight excluding hydrogens is 298 g/mol. The third kappa shape index (κ3) is 4.71. The third-order valence-electron chi connectivity index (χ3n) is 2.49. The summed E-state index contributed by atoms with van der Waals surface area (Å²) in [6, 6.07) is 2.36. The molecule has 0 radical (unpaired) electrons. The van der Waals surface area contributed by atoms with Crippen molar-refractivity contribution in [1.82, 2.24) is 9.97 Å². The van der Waals surface area contributed by atoms with Crippen molar-refractivity contribution < 1.29 is 8.84 Å². The maximum absolute atomic E-state index is 5.90. The molecule has 0 aliphatic heterocycles. The first-order valence-corrected chi connectivity index (χ1v) is 13.9. The normalized spacial score (nSPS) is 12.3. The zero-order valence-corrected chi connectivity index (χ0v) is 15.5. The number of rotatable bonds is 5. The summed E-state index contributed by atoms with van der Waals surface area (Å²) < 4.78 is 11.1. The SMILES string of the molecule is C[Si](C)(C)Nc1nc(O[Si](C)(C)C)ncc1-c1ccoc1. The number of nitrogens with zero attached hydrogens (tertiary/aromatic N) is 2. The van der Waals surface area contributed by atoms with Gasteiger partial charge >= 0.3 is 6.01 Å². The number of nitrogens with one attached hydrogen (secondary N) is 1. The molecule has 2 rings (SSSR count). The highest BCUT2D eigenvalue weighted by Gasteiger charge is 2.22. The number of hydrogen-bond donors (Lipinski definition) is 1. The Bertz CT molecular complexity index is 602. The van der Waals surface area contributed by atoms with Crippen LogP contribution in [0.1, 0.15) is 0 Å². The highest BCUT2D eigenvalue weighted by Crippen LogP contribution is 2.29. The lowest BCUT2D eigenvalue weighted by Crippen LogP contribution is -2.34. The molecule has 21 heavy (non-hydrogen) atoms. The molecule has 7 heteroatoms. The van der Waals surface area contributed by atoms with Crippen LogP contribution in [0.4, 0.5) is 5.82 Å². The van der Waals surface area contributed by atoms with Gasteiger partial charge in [-0.2, -0.15) is 4.98 Å². The van der Waals surface area contributed by atoms with Crippen molar-refractivity contribution >= 4 is 22.4 Å². The van der Waals surface area contributed by atoms with Gasteiger partial charge in [-0.15, -0.1) is 0 Å². The Morgan fingerprint density at radius 3 is 2.38 bits per heavy atom. The summed E-state index contributed by atoms with van der Waals surface area (Å²) in [7, 11) is -3.26. The fraction of sp³-hybridized carbons (Fsp3) is 0.429. The summed E-state index contributed by atoms with van der Waals surface area (Å²) in [5.41, 5.74) is 1.91. The standard InChI is InChI=1S/C14H23N3O2Si2/c1-20(2,3)17-13-12(11-7-8-18-10-11)9-15-14(16-13)19-21(4,5)6/h7-10H,1-6H3,(H,15,16,17). The highest BCUT2D eigenvalue weighted by atomic mass is 28.4. The molecule has 0 spiro atoms. The molecule has 0 atom stereocenters. The van der Waals surface area contributed by atoms with Crippen LogP contribution in [0.2, 0.25) is 39.3 Å². The average Bonchev–Trinajstić information content (AvgIpc) is 2.78. The van der Waals surface area contributed by atoms with E-state index >= 15 is 0 Å². The molecule has 2 aromatic heterocycles. The van der Waals surface area contributed by atoms with Crippen molar-refractivity contribution in [2.45, 2.75) is 39.3 Å². The second-order valence-electron chi connectivity index (χ2n) is 7.02. The predicted octanol–water partition coefficient (Wildman–Crippen LogP) is 4.20. The summed E-state index contributed by atoms with van der Waals surface area (Å²) in [6.07, 6.45) is 5.16. The second kappa shape index (κ2) is 5.65. The largest absolute Gasteiger partial charge is 0.518 e. The lowest BCUT2D eigenvalue weighted by molar-refractivity contribution is 0.510. The molecule has 0 amide bonds. The van der Waals surface area contributed by atoms with Crippen LogP contribution in [0.25, 0.3) is 11.1 Å². The Kier molecular flexibility index (Phi) is 4.24. The molecule has 0 aliphatic carbocycles.